The number of benzene rings is 1. The van der Waals surface area contributed by atoms with Crippen molar-refractivity contribution in [2.75, 3.05) is 5.32 Å². The zero-order valence-corrected chi connectivity index (χ0v) is 16.2. The number of amides is 1. The highest BCUT2D eigenvalue weighted by Crippen LogP contribution is 2.24. The molecule has 0 bridgehead atoms. The number of primary amides is 1. The van der Waals surface area contributed by atoms with Crippen LogP contribution in [0.25, 0.3) is 5.69 Å². The number of aromatic nitrogens is 3. The van der Waals surface area contributed by atoms with Gasteiger partial charge in [0.05, 0.1) is 24.1 Å². The van der Waals surface area contributed by atoms with E-state index in [1.54, 1.807) is 18.5 Å². The molecule has 1 aliphatic carbocycles. The van der Waals surface area contributed by atoms with Gasteiger partial charge in [-0.2, -0.15) is 15.0 Å². The standard InChI is InChI=1S/C19H24FN9O/c20-14-5-2-6-15(17(14)21)27-19(18(22)30)23-8-7-16(28-19)26-12-3-1-4-13(11-12)29-24-9-10-25-29/h1,3-4,7-11,14-15,17,26-28H,2,5-6,21H2,(H2,22,30)/t14-,15+,17-,19?/m0/s1. The van der Waals surface area contributed by atoms with Crippen LogP contribution < -0.4 is 27.4 Å². The summed E-state index contributed by atoms with van der Waals surface area (Å²) in [5.41, 5.74) is 13.2. The van der Waals surface area contributed by atoms with Gasteiger partial charge >= 0.3 is 0 Å². The van der Waals surface area contributed by atoms with Crippen LogP contribution in [0.15, 0.2) is 53.5 Å². The second-order valence-electron chi connectivity index (χ2n) is 7.33. The molecule has 1 fully saturated rings. The molecule has 7 N–H and O–H groups in total. The molecule has 11 heteroatoms. The first kappa shape index (κ1) is 20.0. The molecule has 2 aromatic rings. The fourth-order valence-electron chi connectivity index (χ4n) is 3.65. The molecule has 2 heterocycles. The van der Waals surface area contributed by atoms with Crippen LogP contribution in [-0.4, -0.2) is 51.2 Å². The van der Waals surface area contributed by atoms with Crippen molar-refractivity contribution in [2.45, 2.75) is 43.3 Å². The number of nitrogens with zero attached hydrogens (tertiary/aromatic N) is 4. The quantitative estimate of drug-likeness (QED) is 0.452. The van der Waals surface area contributed by atoms with E-state index in [1.807, 2.05) is 24.3 Å². The summed E-state index contributed by atoms with van der Waals surface area (Å²) in [6.45, 7) is 0. The third-order valence-electron chi connectivity index (χ3n) is 5.23. The van der Waals surface area contributed by atoms with Gasteiger partial charge in [-0.05, 0) is 43.5 Å². The van der Waals surface area contributed by atoms with Crippen molar-refractivity contribution in [1.29, 1.82) is 0 Å². The molecule has 1 aliphatic heterocycles. The van der Waals surface area contributed by atoms with Crippen molar-refractivity contribution in [3.05, 3.63) is 48.6 Å². The maximum Gasteiger partial charge on any atom is 0.282 e. The number of nitrogens with one attached hydrogen (secondary N) is 3. The number of rotatable bonds is 6. The molecule has 30 heavy (non-hydrogen) atoms. The molecule has 10 nitrogen and oxygen atoms in total. The van der Waals surface area contributed by atoms with Gasteiger partial charge in [0.1, 0.15) is 12.0 Å². The molecule has 4 rings (SSSR count). The van der Waals surface area contributed by atoms with Crippen LogP contribution in [0.2, 0.25) is 0 Å². The lowest BCUT2D eigenvalue weighted by Crippen LogP contribution is -2.70. The Bertz CT molecular complexity index is 961. The number of anilines is 1. The molecule has 1 aromatic carbocycles. The minimum atomic E-state index is -1.63. The lowest BCUT2D eigenvalue weighted by Gasteiger charge is -2.40. The zero-order valence-electron chi connectivity index (χ0n) is 16.2. The van der Waals surface area contributed by atoms with Crippen LogP contribution in [0.1, 0.15) is 19.3 Å². The van der Waals surface area contributed by atoms with Gasteiger partial charge in [-0.3, -0.25) is 10.1 Å². The molecule has 0 radical (unpaired) electrons. The molecule has 1 aromatic heterocycles. The Morgan fingerprint density at radius 2 is 2.10 bits per heavy atom. The largest absolute Gasteiger partial charge is 0.365 e. The highest BCUT2D eigenvalue weighted by molar-refractivity contribution is 5.89. The fourth-order valence-corrected chi connectivity index (χ4v) is 3.65. The number of aliphatic imine (C=N–C) groups is 1. The van der Waals surface area contributed by atoms with E-state index < -0.39 is 29.9 Å². The van der Waals surface area contributed by atoms with Crippen molar-refractivity contribution in [2.24, 2.45) is 16.5 Å². The molecule has 0 saturated heterocycles. The third kappa shape index (κ3) is 4.02. The summed E-state index contributed by atoms with van der Waals surface area (Å²) < 4.78 is 14.0. The van der Waals surface area contributed by atoms with Crippen molar-refractivity contribution in [3.8, 4) is 5.69 Å². The molecule has 2 aliphatic rings. The topological polar surface area (TPSA) is 148 Å². The summed E-state index contributed by atoms with van der Waals surface area (Å²) in [6, 6.07) is 6.22. The Kier molecular flexibility index (Phi) is 5.46. The van der Waals surface area contributed by atoms with Crippen LogP contribution in [0.5, 0.6) is 0 Å². The predicted octanol–water partition coefficient (Wildman–Crippen LogP) is 0.141. The van der Waals surface area contributed by atoms with Crippen molar-refractivity contribution in [1.82, 2.24) is 25.6 Å². The molecule has 0 spiro atoms. The number of halogens is 1. The van der Waals surface area contributed by atoms with Gasteiger partial charge < -0.3 is 22.1 Å². The average molecular weight is 413 g/mol. The van der Waals surface area contributed by atoms with E-state index in [2.05, 4.69) is 31.1 Å². The number of nitrogens with two attached hydrogens (primary N) is 2. The van der Waals surface area contributed by atoms with Gasteiger partial charge in [0.25, 0.3) is 11.7 Å². The minimum Gasteiger partial charge on any atom is -0.365 e. The molecule has 158 valence electrons. The van der Waals surface area contributed by atoms with Crippen molar-refractivity contribution >= 4 is 17.8 Å². The summed E-state index contributed by atoms with van der Waals surface area (Å²) in [4.78, 5) is 18.0. The van der Waals surface area contributed by atoms with Crippen LogP contribution in [0.4, 0.5) is 10.1 Å². The SMILES string of the molecule is NC(=O)C1(N[C@@H]2CCC[C@H](F)[C@@H]2N)N=CC=C(Nc2cccc(-n3nccn3)c2)N1. The van der Waals surface area contributed by atoms with E-state index in [0.717, 1.165) is 11.4 Å². The average Bonchev–Trinajstić information content (AvgIpc) is 3.27. The second-order valence-corrected chi connectivity index (χ2v) is 7.33. The smallest absolute Gasteiger partial charge is 0.282 e. The Hall–Kier alpha value is -3.31. The van der Waals surface area contributed by atoms with Gasteiger partial charge in [0.2, 0.25) is 0 Å². The summed E-state index contributed by atoms with van der Waals surface area (Å²) in [7, 11) is 0. The predicted molar refractivity (Wildman–Crippen MR) is 110 cm³/mol. The fraction of sp³-hybridized carbons (Fsp3) is 0.368. The summed E-state index contributed by atoms with van der Waals surface area (Å²) >= 11 is 0. The van der Waals surface area contributed by atoms with Crippen LogP contribution in [-0.2, 0) is 4.79 Å². The highest BCUT2D eigenvalue weighted by Gasteiger charge is 2.43. The molecule has 1 unspecified atom stereocenters. The monoisotopic (exact) mass is 413 g/mol. The Balaban J connectivity index is 1.51. The van der Waals surface area contributed by atoms with Crippen LogP contribution in [0.3, 0.4) is 0 Å². The van der Waals surface area contributed by atoms with Crippen molar-refractivity contribution in [3.63, 3.8) is 0 Å². The van der Waals surface area contributed by atoms with E-state index in [0.29, 0.717) is 25.1 Å². The summed E-state index contributed by atoms with van der Waals surface area (Å²) in [5, 5.41) is 17.5. The number of allylic oxidation sites excluding steroid dienone is 1. The molecule has 4 atom stereocenters. The Labute approximate surface area is 172 Å². The lowest BCUT2D eigenvalue weighted by atomic mass is 9.89. The molecule has 1 saturated carbocycles. The number of carbonyl (C=O) groups is 1. The Morgan fingerprint density at radius 1 is 1.30 bits per heavy atom. The highest BCUT2D eigenvalue weighted by atomic mass is 19.1. The van der Waals surface area contributed by atoms with Crippen LogP contribution >= 0.6 is 0 Å². The Morgan fingerprint density at radius 3 is 2.87 bits per heavy atom. The lowest BCUT2D eigenvalue weighted by molar-refractivity contribution is -0.125. The first-order valence-electron chi connectivity index (χ1n) is 9.71. The molecular weight excluding hydrogens is 389 g/mol. The van der Waals surface area contributed by atoms with E-state index in [9.17, 15) is 9.18 Å². The summed E-state index contributed by atoms with van der Waals surface area (Å²) in [5.74, 6) is -1.88. The number of alkyl halides is 1. The minimum absolute atomic E-state index is 0.410. The van der Waals surface area contributed by atoms with E-state index in [1.165, 1.54) is 11.0 Å². The van der Waals surface area contributed by atoms with E-state index in [-0.39, 0.29) is 0 Å². The van der Waals surface area contributed by atoms with Gasteiger partial charge in [-0.25, -0.2) is 9.38 Å². The van der Waals surface area contributed by atoms with E-state index in [4.69, 9.17) is 11.5 Å². The first-order valence-corrected chi connectivity index (χ1v) is 9.71. The number of hydrogen-bond acceptors (Lipinski definition) is 8. The van der Waals surface area contributed by atoms with Crippen LogP contribution in [0, 0.1) is 0 Å². The zero-order chi connectivity index (χ0) is 21.1. The van der Waals surface area contributed by atoms with E-state index >= 15 is 0 Å². The number of carbonyl (C=O) groups excluding carboxylic acids is 1. The molecular formula is C19H24FN9O. The van der Waals surface area contributed by atoms with Crippen molar-refractivity contribution < 1.29 is 9.18 Å². The second kappa shape index (κ2) is 8.20. The normalized spacial score (nSPS) is 28.5. The van der Waals surface area contributed by atoms with Gasteiger partial charge in [-0.1, -0.05) is 6.07 Å². The number of hydrogen-bond donors (Lipinski definition) is 5. The maximum atomic E-state index is 14.0. The first-order chi connectivity index (χ1) is 14.5. The van der Waals surface area contributed by atoms with Gasteiger partial charge in [-0.15, -0.1) is 0 Å². The maximum absolute atomic E-state index is 14.0. The molecule has 1 amide bonds. The van der Waals surface area contributed by atoms with Gasteiger partial charge in [0, 0.05) is 17.9 Å². The summed E-state index contributed by atoms with van der Waals surface area (Å²) in [6.07, 6.45) is 6.88. The van der Waals surface area contributed by atoms with Gasteiger partial charge in [0.15, 0.2) is 0 Å². The third-order valence-corrected chi connectivity index (χ3v) is 5.23.